The number of phenolic OH excluding ortho intramolecular Hbond substituents is 1. The Kier molecular flexibility index (Phi) is 4.12. The first-order valence-corrected chi connectivity index (χ1v) is 6.54. The smallest absolute Gasteiger partial charge is 0.334 e. The minimum absolute atomic E-state index is 0.0657. The maximum absolute atomic E-state index is 13.0. The molecule has 5 heteroatoms. The molecule has 2 aromatic rings. The third-order valence-corrected chi connectivity index (χ3v) is 3.46. The third-order valence-electron chi connectivity index (χ3n) is 3.46. The van der Waals surface area contributed by atoms with Gasteiger partial charge in [0.15, 0.2) is 5.54 Å². The minimum Gasteiger partial charge on any atom is -0.508 e. The first kappa shape index (κ1) is 14.8. The average Bonchev–Trinajstić information content (AvgIpc) is 2.47. The summed E-state index contributed by atoms with van der Waals surface area (Å²) in [7, 11) is 0. The van der Waals surface area contributed by atoms with E-state index in [0.717, 1.165) is 0 Å². The molecule has 0 aliphatic heterocycles. The molecule has 0 saturated carbocycles. The summed E-state index contributed by atoms with van der Waals surface area (Å²) < 4.78 is 13.0. The first-order chi connectivity index (χ1) is 9.98. The molecule has 0 radical (unpaired) electrons. The number of aliphatic carboxylic acids is 1. The number of carbonyl (C=O) groups is 1. The second kappa shape index (κ2) is 5.83. The summed E-state index contributed by atoms with van der Waals surface area (Å²) in [6.07, 6.45) is 0.282. The largest absolute Gasteiger partial charge is 0.508 e. The summed E-state index contributed by atoms with van der Waals surface area (Å²) in [6.45, 7) is 1.75. The zero-order valence-corrected chi connectivity index (χ0v) is 11.5. The van der Waals surface area contributed by atoms with Crippen LogP contribution in [0.3, 0.4) is 0 Å². The van der Waals surface area contributed by atoms with Crippen molar-refractivity contribution in [2.45, 2.75) is 18.9 Å². The lowest BCUT2D eigenvalue weighted by molar-refractivity contribution is -0.142. The predicted octanol–water partition coefficient (Wildman–Crippen LogP) is 3.33. The van der Waals surface area contributed by atoms with Gasteiger partial charge in [-0.2, -0.15) is 0 Å². The fraction of sp³-hybridized carbons (Fsp3) is 0.188. The van der Waals surface area contributed by atoms with Gasteiger partial charge in [0.2, 0.25) is 0 Å². The number of carboxylic acid groups (broad SMARTS) is 1. The lowest BCUT2D eigenvalue weighted by Gasteiger charge is -2.31. The molecule has 0 fully saturated rings. The first-order valence-electron chi connectivity index (χ1n) is 6.54. The summed E-state index contributed by atoms with van der Waals surface area (Å²) >= 11 is 0. The van der Waals surface area contributed by atoms with Gasteiger partial charge in [0.1, 0.15) is 11.6 Å². The molecule has 0 aliphatic carbocycles. The third kappa shape index (κ3) is 2.97. The van der Waals surface area contributed by atoms with E-state index in [-0.39, 0.29) is 18.0 Å². The van der Waals surface area contributed by atoms with Crippen molar-refractivity contribution in [2.75, 3.05) is 5.32 Å². The zero-order valence-electron chi connectivity index (χ0n) is 11.5. The molecule has 0 heterocycles. The molecule has 3 N–H and O–H groups in total. The maximum atomic E-state index is 13.0. The quantitative estimate of drug-likeness (QED) is 0.789. The number of rotatable bonds is 5. The molecule has 1 atom stereocenters. The molecule has 0 aromatic heterocycles. The van der Waals surface area contributed by atoms with Crippen molar-refractivity contribution < 1.29 is 19.4 Å². The number of halogens is 1. The Balaban J connectivity index is 2.44. The van der Waals surface area contributed by atoms with Crippen LogP contribution in [0.25, 0.3) is 0 Å². The number of nitrogens with one attached hydrogen (secondary N) is 1. The van der Waals surface area contributed by atoms with Gasteiger partial charge in [-0.3, -0.25) is 0 Å². The Bertz CT molecular complexity index is 625. The summed E-state index contributed by atoms with van der Waals surface area (Å²) in [6, 6.07) is 11.5. The van der Waals surface area contributed by atoms with E-state index >= 15 is 0 Å². The second-order valence-electron chi connectivity index (χ2n) is 4.74. The number of carboxylic acids is 1. The molecule has 0 spiro atoms. The van der Waals surface area contributed by atoms with E-state index in [9.17, 15) is 19.4 Å². The molecule has 2 rings (SSSR count). The topological polar surface area (TPSA) is 69.6 Å². The molecular formula is C16H16FNO3. The Morgan fingerprint density at radius 2 is 1.71 bits per heavy atom. The standard InChI is InChI=1S/C16H16FNO3/c1-2-16(15(20)21,11-3-9-14(19)10-4-11)18-13-7-5-12(17)6-8-13/h3-10,18-19H,2H2,1H3,(H,20,21). The highest BCUT2D eigenvalue weighted by atomic mass is 19.1. The van der Waals surface area contributed by atoms with Crippen LogP contribution >= 0.6 is 0 Å². The van der Waals surface area contributed by atoms with Gasteiger partial charge in [0.05, 0.1) is 0 Å². The number of benzene rings is 2. The summed E-state index contributed by atoms with van der Waals surface area (Å²) in [5.41, 5.74) is -0.320. The van der Waals surface area contributed by atoms with Crippen LogP contribution in [0.15, 0.2) is 48.5 Å². The summed E-state index contributed by atoms with van der Waals surface area (Å²) in [4.78, 5) is 11.8. The SMILES string of the molecule is CCC(Nc1ccc(F)cc1)(C(=O)O)c1ccc(O)cc1. The number of aromatic hydroxyl groups is 1. The van der Waals surface area contributed by atoms with E-state index < -0.39 is 11.5 Å². The van der Waals surface area contributed by atoms with Crippen LogP contribution < -0.4 is 5.32 Å². The lowest BCUT2D eigenvalue weighted by Crippen LogP contribution is -2.43. The Morgan fingerprint density at radius 1 is 1.14 bits per heavy atom. The van der Waals surface area contributed by atoms with Crippen LogP contribution in [0, 0.1) is 5.82 Å². The highest BCUT2D eigenvalue weighted by Gasteiger charge is 2.38. The van der Waals surface area contributed by atoms with E-state index in [1.54, 1.807) is 19.1 Å². The van der Waals surface area contributed by atoms with Gasteiger partial charge >= 0.3 is 5.97 Å². The van der Waals surface area contributed by atoms with Crippen molar-refractivity contribution in [3.63, 3.8) is 0 Å². The number of hydrogen-bond acceptors (Lipinski definition) is 3. The van der Waals surface area contributed by atoms with Crippen molar-refractivity contribution >= 4 is 11.7 Å². The Hall–Kier alpha value is -2.56. The zero-order chi connectivity index (χ0) is 15.5. The minimum atomic E-state index is -1.34. The summed E-state index contributed by atoms with van der Waals surface area (Å²) in [5, 5.41) is 22.0. The van der Waals surface area contributed by atoms with Gasteiger partial charge in [-0.05, 0) is 48.4 Å². The van der Waals surface area contributed by atoms with Crippen LogP contribution in [0.5, 0.6) is 5.75 Å². The molecule has 2 aromatic carbocycles. The van der Waals surface area contributed by atoms with Gasteiger partial charge in [0, 0.05) is 5.69 Å². The van der Waals surface area contributed by atoms with E-state index in [2.05, 4.69) is 5.32 Å². The Morgan fingerprint density at radius 3 is 2.19 bits per heavy atom. The van der Waals surface area contributed by atoms with Crippen molar-refractivity contribution in [3.05, 3.63) is 59.9 Å². The predicted molar refractivity (Wildman–Crippen MR) is 77.7 cm³/mol. The monoisotopic (exact) mass is 289 g/mol. The molecule has 21 heavy (non-hydrogen) atoms. The maximum Gasteiger partial charge on any atom is 0.334 e. The van der Waals surface area contributed by atoms with E-state index in [1.807, 2.05) is 0 Å². The van der Waals surface area contributed by atoms with Crippen LogP contribution in [-0.2, 0) is 10.3 Å². The van der Waals surface area contributed by atoms with Gasteiger partial charge in [0.25, 0.3) is 0 Å². The highest BCUT2D eigenvalue weighted by Crippen LogP contribution is 2.31. The van der Waals surface area contributed by atoms with E-state index in [4.69, 9.17) is 0 Å². The highest BCUT2D eigenvalue weighted by molar-refractivity contribution is 5.84. The van der Waals surface area contributed by atoms with Gasteiger partial charge < -0.3 is 15.5 Å². The van der Waals surface area contributed by atoms with Crippen molar-refractivity contribution in [1.82, 2.24) is 0 Å². The Labute approximate surface area is 121 Å². The molecule has 110 valence electrons. The number of anilines is 1. The summed E-state index contributed by atoms with van der Waals surface area (Å²) in [5.74, 6) is -1.36. The lowest BCUT2D eigenvalue weighted by atomic mass is 9.86. The molecule has 1 unspecified atom stereocenters. The van der Waals surface area contributed by atoms with Crippen LogP contribution in [0.2, 0.25) is 0 Å². The van der Waals surface area contributed by atoms with Crippen LogP contribution in [0.1, 0.15) is 18.9 Å². The molecule has 0 bridgehead atoms. The van der Waals surface area contributed by atoms with Gasteiger partial charge in [-0.15, -0.1) is 0 Å². The normalized spacial score (nSPS) is 13.4. The molecule has 0 amide bonds. The fourth-order valence-electron chi connectivity index (χ4n) is 2.22. The van der Waals surface area contributed by atoms with Gasteiger partial charge in [-0.1, -0.05) is 19.1 Å². The van der Waals surface area contributed by atoms with E-state index in [1.165, 1.54) is 36.4 Å². The molecule has 0 aliphatic rings. The van der Waals surface area contributed by atoms with Gasteiger partial charge in [-0.25, -0.2) is 9.18 Å². The second-order valence-corrected chi connectivity index (χ2v) is 4.74. The van der Waals surface area contributed by atoms with Crippen molar-refractivity contribution in [2.24, 2.45) is 0 Å². The number of hydrogen-bond donors (Lipinski definition) is 3. The molecular weight excluding hydrogens is 273 g/mol. The van der Waals surface area contributed by atoms with E-state index in [0.29, 0.717) is 11.3 Å². The van der Waals surface area contributed by atoms with Crippen molar-refractivity contribution in [1.29, 1.82) is 0 Å². The molecule has 0 saturated heterocycles. The van der Waals surface area contributed by atoms with Crippen LogP contribution in [0.4, 0.5) is 10.1 Å². The fourth-order valence-corrected chi connectivity index (χ4v) is 2.22. The molecule has 4 nitrogen and oxygen atoms in total. The average molecular weight is 289 g/mol. The number of phenols is 1. The van der Waals surface area contributed by atoms with Crippen molar-refractivity contribution in [3.8, 4) is 5.75 Å². The van der Waals surface area contributed by atoms with Crippen LogP contribution in [-0.4, -0.2) is 16.2 Å².